The van der Waals surface area contributed by atoms with E-state index in [1.54, 1.807) is 12.1 Å². The topological polar surface area (TPSA) is 59.3 Å². The molecular weight excluding hydrogens is 314 g/mol. The van der Waals surface area contributed by atoms with E-state index in [0.29, 0.717) is 16.5 Å². The molecule has 4 nitrogen and oxygen atoms in total. The van der Waals surface area contributed by atoms with E-state index in [4.69, 9.17) is 4.42 Å². The highest BCUT2D eigenvalue weighted by atomic mass is 16.3. The highest BCUT2D eigenvalue weighted by Crippen LogP contribution is 2.15. The van der Waals surface area contributed by atoms with E-state index in [-0.39, 0.29) is 11.3 Å². The lowest BCUT2D eigenvalue weighted by molar-refractivity contribution is -0.111. The Kier molecular flexibility index (Phi) is 4.52. The summed E-state index contributed by atoms with van der Waals surface area (Å²) in [5, 5.41) is 3.30. The van der Waals surface area contributed by atoms with E-state index in [1.165, 1.54) is 18.4 Å². The first-order chi connectivity index (χ1) is 11.9. The molecule has 0 radical (unpaired) electrons. The molecule has 2 aromatic carbocycles. The molecule has 0 saturated heterocycles. The van der Waals surface area contributed by atoms with Crippen molar-refractivity contribution in [1.82, 2.24) is 0 Å². The Labute approximate surface area is 145 Å². The lowest BCUT2D eigenvalue weighted by Crippen LogP contribution is -2.09. The maximum absolute atomic E-state index is 12.5. The normalized spacial score (nSPS) is 11.2. The van der Waals surface area contributed by atoms with Crippen molar-refractivity contribution in [3.63, 3.8) is 0 Å². The van der Waals surface area contributed by atoms with Gasteiger partial charge >= 0.3 is 0 Å². The van der Waals surface area contributed by atoms with Crippen molar-refractivity contribution in [3.8, 4) is 0 Å². The average molecular weight is 333 g/mol. The molecule has 0 saturated carbocycles. The quantitative estimate of drug-likeness (QED) is 0.724. The molecule has 1 amide bonds. The van der Waals surface area contributed by atoms with Gasteiger partial charge < -0.3 is 9.73 Å². The van der Waals surface area contributed by atoms with Gasteiger partial charge in [-0.3, -0.25) is 9.59 Å². The molecule has 0 fully saturated rings. The van der Waals surface area contributed by atoms with E-state index < -0.39 is 0 Å². The highest BCUT2D eigenvalue weighted by Gasteiger charge is 2.06. The Morgan fingerprint density at radius 1 is 1.04 bits per heavy atom. The largest absolute Gasteiger partial charge is 0.463 e. The van der Waals surface area contributed by atoms with Crippen LogP contribution in [0.1, 0.15) is 22.3 Å². The number of rotatable bonds is 3. The Morgan fingerprint density at radius 3 is 2.60 bits per heavy atom. The van der Waals surface area contributed by atoms with Crippen molar-refractivity contribution in [3.05, 3.63) is 81.2 Å². The number of aryl methyl sites for hydroxylation is 3. The van der Waals surface area contributed by atoms with E-state index >= 15 is 0 Å². The number of nitrogens with one attached hydrogen (secondary N) is 1. The van der Waals surface area contributed by atoms with Crippen molar-refractivity contribution in [1.29, 1.82) is 0 Å². The van der Waals surface area contributed by atoms with Crippen LogP contribution in [0.2, 0.25) is 0 Å². The van der Waals surface area contributed by atoms with E-state index in [1.807, 2.05) is 45.0 Å². The number of anilines is 1. The van der Waals surface area contributed by atoms with Crippen molar-refractivity contribution in [2.75, 3.05) is 5.32 Å². The van der Waals surface area contributed by atoms with Crippen LogP contribution in [0.15, 0.2) is 57.9 Å². The van der Waals surface area contributed by atoms with Gasteiger partial charge in [0.2, 0.25) is 5.91 Å². The monoisotopic (exact) mass is 333 g/mol. The summed E-state index contributed by atoms with van der Waals surface area (Å²) in [6, 6.07) is 11.2. The standard InChI is InChI=1S/C21H19NO3/c1-13-4-8-19-18(10-13)21(24)16(12-25-19)6-9-20(23)22-17-7-5-14(2)15(3)11-17/h4-12H,1-3H3,(H,22,23)/b9-6+. The van der Waals surface area contributed by atoms with E-state index in [2.05, 4.69) is 5.32 Å². The van der Waals surface area contributed by atoms with Crippen LogP contribution >= 0.6 is 0 Å². The minimum Gasteiger partial charge on any atom is -0.463 e. The minimum atomic E-state index is -0.299. The van der Waals surface area contributed by atoms with Crippen molar-refractivity contribution in [2.45, 2.75) is 20.8 Å². The fourth-order valence-corrected chi connectivity index (χ4v) is 2.54. The van der Waals surface area contributed by atoms with Gasteiger partial charge in [-0.15, -0.1) is 0 Å². The summed E-state index contributed by atoms with van der Waals surface area (Å²) in [7, 11) is 0. The molecule has 0 bridgehead atoms. The Morgan fingerprint density at radius 2 is 1.84 bits per heavy atom. The lowest BCUT2D eigenvalue weighted by atomic mass is 10.1. The van der Waals surface area contributed by atoms with Crippen molar-refractivity contribution >= 4 is 28.6 Å². The van der Waals surface area contributed by atoms with Crippen LogP contribution in [0.3, 0.4) is 0 Å². The third kappa shape index (κ3) is 3.69. The minimum absolute atomic E-state index is 0.153. The van der Waals surface area contributed by atoms with Gasteiger partial charge in [-0.05, 0) is 62.2 Å². The Hall–Kier alpha value is -3.14. The summed E-state index contributed by atoms with van der Waals surface area (Å²) in [6.07, 6.45) is 4.19. The summed E-state index contributed by atoms with van der Waals surface area (Å²) < 4.78 is 5.48. The van der Waals surface area contributed by atoms with Crippen molar-refractivity contribution < 1.29 is 9.21 Å². The summed E-state index contributed by atoms with van der Waals surface area (Å²) in [5.41, 5.74) is 4.69. The predicted molar refractivity (Wildman–Crippen MR) is 101 cm³/mol. The first-order valence-electron chi connectivity index (χ1n) is 8.02. The molecule has 3 rings (SSSR count). The third-order valence-electron chi connectivity index (χ3n) is 4.14. The SMILES string of the molecule is Cc1ccc2occ(/C=C/C(=O)Nc3ccc(C)c(C)c3)c(=O)c2c1. The maximum atomic E-state index is 12.5. The zero-order chi connectivity index (χ0) is 18.0. The molecule has 4 heteroatoms. The first-order valence-corrected chi connectivity index (χ1v) is 8.02. The fraction of sp³-hybridized carbons (Fsp3) is 0.143. The van der Waals surface area contributed by atoms with Crippen molar-refractivity contribution in [2.24, 2.45) is 0 Å². The molecule has 0 atom stereocenters. The second-order valence-electron chi connectivity index (χ2n) is 6.14. The fourth-order valence-electron chi connectivity index (χ4n) is 2.54. The average Bonchev–Trinajstić information content (AvgIpc) is 2.58. The van der Waals surface area contributed by atoms with Crippen LogP contribution in [0.25, 0.3) is 17.0 Å². The highest BCUT2D eigenvalue weighted by molar-refractivity contribution is 6.02. The number of hydrogen-bond donors (Lipinski definition) is 1. The first kappa shape index (κ1) is 16.7. The molecule has 0 aliphatic heterocycles. The van der Waals surface area contributed by atoms with Crippen LogP contribution in [-0.2, 0) is 4.79 Å². The summed E-state index contributed by atoms with van der Waals surface area (Å²) >= 11 is 0. The number of carbonyl (C=O) groups is 1. The number of hydrogen-bond acceptors (Lipinski definition) is 3. The summed E-state index contributed by atoms with van der Waals surface area (Å²) in [6.45, 7) is 5.92. The van der Waals surface area contributed by atoms with Gasteiger partial charge in [0.15, 0.2) is 5.43 Å². The van der Waals surface area contributed by atoms with E-state index in [9.17, 15) is 9.59 Å². The molecular formula is C21H19NO3. The summed E-state index contributed by atoms with van der Waals surface area (Å²) in [5.74, 6) is -0.299. The summed E-state index contributed by atoms with van der Waals surface area (Å²) in [4.78, 5) is 24.6. The van der Waals surface area contributed by atoms with Gasteiger partial charge in [-0.25, -0.2) is 0 Å². The predicted octanol–water partition coefficient (Wildman–Crippen LogP) is 4.37. The van der Waals surface area contributed by atoms with Gasteiger partial charge in [0, 0.05) is 11.8 Å². The molecule has 0 spiro atoms. The van der Waals surface area contributed by atoms with Gasteiger partial charge in [0.1, 0.15) is 11.8 Å². The second kappa shape index (κ2) is 6.77. The zero-order valence-corrected chi connectivity index (χ0v) is 14.4. The van der Waals surface area contributed by atoms with Crippen LogP contribution in [0.5, 0.6) is 0 Å². The Bertz CT molecular complexity index is 1040. The molecule has 0 aliphatic carbocycles. The van der Waals surface area contributed by atoms with Crippen LogP contribution in [0, 0.1) is 20.8 Å². The van der Waals surface area contributed by atoms with Gasteiger partial charge in [0.25, 0.3) is 0 Å². The number of amides is 1. The molecule has 1 heterocycles. The Balaban J connectivity index is 1.82. The zero-order valence-electron chi connectivity index (χ0n) is 14.4. The van der Waals surface area contributed by atoms with Gasteiger partial charge in [0.05, 0.1) is 10.9 Å². The second-order valence-corrected chi connectivity index (χ2v) is 6.14. The number of benzene rings is 2. The molecule has 0 aliphatic rings. The number of carbonyl (C=O) groups excluding carboxylic acids is 1. The van der Waals surface area contributed by atoms with Crippen LogP contribution in [-0.4, -0.2) is 5.91 Å². The third-order valence-corrected chi connectivity index (χ3v) is 4.14. The smallest absolute Gasteiger partial charge is 0.248 e. The lowest BCUT2D eigenvalue weighted by Gasteiger charge is -2.05. The van der Waals surface area contributed by atoms with Gasteiger partial charge in [-0.1, -0.05) is 17.7 Å². The molecule has 126 valence electrons. The molecule has 1 N–H and O–H groups in total. The molecule has 25 heavy (non-hydrogen) atoms. The van der Waals surface area contributed by atoms with E-state index in [0.717, 1.165) is 22.4 Å². The molecule has 1 aromatic heterocycles. The maximum Gasteiger partial charge on any atom is 0.248 e. The van der Waals surface area contributed by atoms with Crippen LogP contribution < -0.4 is 10.7 Å². The van der Waals surface area contributed by atoms with Crippen LogP contribution in [0.4, 0.5) is 5.69 Å². The number of fused-ring (bicyclic) bond motifs is 1. The van der Waals surface area contributed by atoms with Gasteiger partial charge in [-0.2, -0.15) is 0 Å². The molecule has 3 aromatic rings. The molecule has 0 unspecified atom stereocenters.